The maximum atomic E-state index is 14.6. The molecule has 2 atom stereocenters. The van der Waals surface area contributed by atoms with E-state index in [4.69, 9.17) is 16.3 Å². The number of aliphatic imine (C=N–C) groups is 1. The number of aliphatic hydroxyl groups is 1. The lowest BCUT2D eigenvalue weighted by molar-refractivity contribution is -0.0297. The van der Waals surface area contributed by atoms with Crippen LogP contribution >= 0.6 is 23.4 Å². The third-order valence-corrected chi connectivity index (χ3v) is 5.11. The number of fused-ring (bicyclic) bond motifs is 1. The summed E-state index contributed by atoms with van der Waals surface area (Å²) < 4.78 is 19.9. The van der Waals surface area contributed by atoms with Gasteiger partial charge in [0.1, 0.15) is 6.17 Å². The summed E-state index contributed by atoms with van der Waals surface area (Å²) in [4.78, 5) is 10.7. The lowest BCUT2D eigenvalue weighted by Crippen LogP contribution is -2.48. The predicted octanol–water partition coefficient (Wildman–Crippen LogP) is 2.87. The molecule has 0 aromatic carbocycles. The van der Waals surface area contributed by atoms with Gasteiger partial charge in [-0.25, -0.2) is 9.38 Å². The normalized spacial score (nSPS) is 27.2. The van der Waals surface area contributed by atoms with E-state index in [1.54, 1.807) is 6.92 Å². The summed E-state index contributed by atoms with van der Waals surface area (Å²) in [5.74, 6) is -0.384. The number of aromatic nitrogens is 1. The molecule has 1 fully saturated rings. The lowest BCUT2D eigenvalue weighted by Gasteiger charge is -2.41. The van der Waals surface area contributed by atoms with Crippen LogP contribution in [0.25, 0.3) is 0 Å². The van der Waals surface area contributed by atoms with Crippen LogP contribution in [0.3, 0.4) is 0 Å². The van der Waals surface area contributed by atoms with Gasteiger partial charge in [0.15, 0.2) is 16.1 Å². The van der Waals surface area contributed by atoms with Crippen molar-refractivity contribution >= 4 is 34.2 Å². The molecule has 1 aromatic heterocycles. The Morgan fingerprint density at radius 1 is 1.54 bits per heavy atom. The van der Waals surface area contributed by atoms with Gasteiger partial charge in [-0.15, -0.1) is 0 Å². The first-order valence-corrected chi connectivity index (χ1v) is 9.24. The van der Waals surface area contributed by atoms with Gasteiger partial charge in [-0.2, -0.15) is 4.98 Å². The van der Waals surface area contributed by atoms with E-state index in [2.05, 4.69) is 15.3 Å². The number of amidine groups is 1. The molecule has 0 amide bonds. The fourth-order valence-corrected chi connectivity index (χ4v) is 3.77. The number of nitrogens with zero attached hydrogens (tertiary/aromatic N) is 3. The van der Waals surface area contributed by atoms with Crippen LogP contribution in [0.2, 0.25) is 5.15 Å². The highest BCUT2D eigenvalue weighted by atomic mass is 35.5. The number of β-amino-alcohol motifs (C(OH)–C–C–N with tert-alkyl or cyclic N) is 1. The van der Waals surface area contributed by atoms with Crippen molar-refractivity contribution in [2.75, 3.05) is 31.8 Å². The van der Waals surface area contributed by atoms with Gasteiger partial charge in [-0.05, 0) is 26.0 Å². The Hall–Kier alpha value is -1.09. The van der Waals surface area contributed by atoms with Gasteiger partial charge < -0.3 is 15.2 Å². The number of nitrogens with one attached hydrogen (secondary N) is 1. The number of anilines is 1. The molecule has 3 heterocycles. The fraction of sp³-hybridized carbons (Fsp3) is 0.600. The molecule has 2 N–H and O–H groups in total. The van der Waals surface area contributed by atoms with E-state index in [9.17, 15) is 9.50 Å². The zero-order valence-corrected chi connectivity index (χ0v) is 15.3. The molecule has 0 aliphatic carbocycles. The number of pyridine rings is 1. The second-order valence-corrected chi connectivity index (χ2v) is 7.38. The van der Waals surface area contributed by atoms with Crippen molar-refractivity contribution in [1.29, 1.82) is 0 Å². The molecule has 24 heavy (non-hydrogen) atoms. The van der Waals surface area contributed by atoms with Crippen molar-refractivity contribution in [3.8, 4) is 5.88 Å². The summed E-state index contributed by atoms with van der Waals surface area (Å²) in [5, 5.41) is 13.7. The maximum Gasteiger partial charge on any atom is 0.223 e. The lowest BCUT2D eigenvalue weighted by atomic mass is 9.94. The number of ether oxygens (including phenoxy) is 1. The van der Waals surface area contributed by atoms with E-state index >= 15 is 0 Å². The molecule has 132 valence electrons. The molecule has 6 nitrogen and oxygen atoms in total. The van der Waals surface area contributed by atoms with Gasteiger partial charge in [-0.1, -0.05) is 23.4 Å². The molecule has 2 aliphatic rings. The first-order chi connectivity index (χ1) is 11.4. The minimum atomic E-state index is -0.802. The van der Waals surface area contributed by atoms with Crippen LogP contribution < -0.4 is 10.1 Å². The van der Waals surface area contributed by atoms with Crippen LogP contribution in [0, 0.1) is 5.82 Å². The predicted molar refractivity (Wildman–Crippen MR) is 94.5 cm³/mol. The number of methoxy groups -OCH3 is 1. The molecular formula is C15H20ClFN4O2S. The van der Waals surface area contributed by atoms with Crippen molar-refractivity contribution in [3.05, 3.63) is 16.5 Å². The molecule has 0 radical (unpaired) electrons. The van der Waals surface area contributed by atoms with Crippen molar-refractivity contribution < 1.29 is 14.2 Å². The standard InChI is InChI=1S/C15H20ClFN4O2S/c1-15(22)5-4-6-21(7-15)12-8-10(18-14(20-12)24-3)9(17)11(16)19-13(8)23-2/h12,22H,4-7H2,1-3H3,(H,18,20)/t12?,15-/m1/s1. The summed E-state index contributed by atoms with van der Waals surface area (Å²) in [5.41, 5.74) is -0.0550. The highest BCUT2D eigenvalue weighted by Crippen LogP contribution is 2.43. The van der Waals surface area contributed by atoms with Crippen LogP contribution in [-0.4, -0.2) is 52.2 Å². The topological polar surface area (TPSA) is 70.0 Å². The minimum Gasteiger partial charge on any atom is -0.481 e. The molecule has 0 saturated carbocycles. The summed E-state index contributed by atoms with van der Waals surface area (Å²) in [6.07, 6.45) is 2.94. The van der Waals surface area contributed by atoms with Crippen molar-refractivity contribution in [2.24, 2.45) is 4.99 Å². The molecule has 2 aliphatic heterocycles. The van der Waals surface area contributed by atoms with E-state index in [-0.39, 0.29) is 16.7 Å². The number of halogens is 2. The maximum absolute atomic E-state index is 14.6. The van der Waals surface area contributed by atoms with E-state index in [0.717, 1.165) is 19.4 Å². The Morgan fingerprint density at radius 2 is 2.29 bits per heavy atom. The average Bonchev–Trinajstić information content (AvgIpc) is 2.56. The van der Waals surface area contributed by atoms with E-state index in [1.165, 1.54) is 18.9 Å². The molecular weight excluding hydrogens is 355 g/mol. The summed E-state index contributed by atoms with van der Waals surface area (Å²) in [7, 11) is 1.47. The first-order valence-electron chi connectivity index (χ1n) is 7.64. The average molecular weight is 375 g/mol. The Labute approximate surface area is 149 Å². The van der Waals surface area contributed by atoms with Crippen LogP contribution in [0.5, 0.6) is 5.88 Å². The smallest absolute Gasteiger partial charge is 0.223 e. The quantitative estimate of drug-likeness (QED) is 0.776. The van der Waals surface area contributed by atoms with Crippen LogP contribution in [0.1, 0.15) is 31.5 Å². The highest BCUT2D eigenvalue weighted by Gasteiger charge is 2.38. The van der Waals surface area contributed by atoms with Gasteiger partial charge in [0, 0.05) is 13.1 Å². The number of thioether (sulfide) groups is 1. The number of rotatable bonds is 2. The number of hydrogen-bond acceptors (Lipinski definition) is 7. The second kappa shape index (κ2) is 6.67. The van der Waals surface area contributed by atoms with Gasteiger partial charge in [0.2, 0.25) is 5.88 Å². The molecule has 9 heteroatoms. The monoisotopic (exact) mass is 374 g/mol. The zero-order valence-electron chi connectivity index (χ0n) is 13.8. The zero-order chi connectivity index (χ0) is 17.5. The van der Waals surface area contributed by atoms with E-state index in [1.807, 2.05) is 11.2 Å². The SMILES string of the molecule is COc1nc(Cl)c(F)c2c1C(N1CCC[C@@](C)(O)C1)N=C(SC)N2. The third kappa shape index (κ3) is 3.20. The number of piperidine rings is 1. The number of hydrogen-bond donors (Lipinski definition) is 2. The summed E-state index contributed by atoms with van der Waals surface area (Å²) in [6.45, 7) is 2.99. The Bertz CT molecular complexity index is 686. The largest absolute Gasteiger partial charge is 0.481 e. The molecule has 1 unspecified atom stereocenters. The van der Waals surface area contributed by atoms with Crippen LogP contribution in [0.4, 0.5) is 10.1 Å². The van der Waals surface area contributed by atoms with Crippen molar-refractivity contribution in [2.45, 2.75) is 31.5 Å². The Balaban J connectivity index is 2.10. The first kappa shape index (κ1) is 17.7. The van der Waals surface area contributed by atoms with Crippen LogP contribution in [-0.2, 0) is 0 Å². The number of likely N-dealkylation sites (tertiary alicyclic amines) is 1. The summed E-state index contributed by atoms with van der Waals surface area (Å²) >= 11 is 7.28. The summed E-state index contributed by atoms with van der Waals surface area (Å²) in [6, 6.07) is 0. The molecule has 0 bridgehead atoms. The van der Waals surface area contributed by atoms with Gasteiger partial charge in [0.05, 0.1) is 24.0 Å². The van der Waals surface area contributed by atoms with Crippen molar-refractivity contribution in [3.63, 3.8) is 0 Å². The van der Waals surface area contributed by atoms with E-state index in [0.29, 0.717) is 17.3 Å². The Kier molecular flexibility index (Phi) is 4.92. The molecule has 1 aromatic rings. The van der Waals surface area contributed by atoms with Crippen molar-refractivity contribution in [1.82, 2.24) is 9.88 Å². The molecule has 1 saturated heterocycles. The minimum absolute atomic E-state index is 0.237. The second-order valence-electron chi connectivity index (χ2n) is 6.22. The van der Waals surface area contributed by atoms with Gasteiger partial charge in [0.25, 0.3) is 0 Å². The molecule has 3 rings (SSSR count). The fourth-order valence-electron chi connectivity index (χ4n) is 3.19. The highest BCUT2D eigenvalue weighted by molar-refractivity contribution is 8.13. The van der Waals surface area contributed by atoms with Crippen LogP contribution in [0.15, 0.2) is 4.99 Å². The molecule has 0 spiro atoms. The van der Waals surface area contributed by atoms with Gasteiger partial charge in [-0.3, -0.25) is 4.90 Å². The third-order valence-electron chi connectivity index (χ3n) is 4.27. The van der Waals surface area contributed by atoms with Gasteiger partial charge >= 0.3 is 0 Å². The van der Waals surface area contributed by atoms with E-state index < -0.39 is 17.6 Å². The Morgan fingerprint density at radius 3 is 2.92 bits per heavy atom.